The number of rotatable bonds is 13. The highest BCUT2D eigenvalue weighted by atomic mass is 35.5. The van der Waals surface area contributed by atoms with Crippen LogP contribution in [0.25, 0.3) is 5.57 Å². The number of hydrogen-bond donors (Lipinski definition) is 3. The average molecular weight is 902 g/mol. The molecule has 7 rings (SSSR count). The number of sulfonamides is 1. The van der Waals surface area contributed by atoms with Gasteiger partial charge in [0, 0.05) is 74.1 Å². The lowest BCUT2D eigenvalue weighted by atomic mass is 9.72. The van der Waals surface area contributed by atoms with Crippen LogP contribution in [0.15, 0.2) is 83.4 Å². The Bertz CT molecular complexity index is 2510. The van der Waals surface area contributed by atoms with Crippen molar-refractivity contribution in [2.45, 2.75) is 63.7 Å². The maximum absolute atomic E-state index is 13.8. The number of anilines is 3. The Morgan fingerprint density at radius 2 is 1.76 bits per heavy atom. The zero-order valence-corrected chi connectivity index (χ0v) is 37.0. The number of benzene rings is 3. The molecule has 326 valence electrons. The third-order valence-electron chi connectivity index (χ3n) is 12.1. The van der Waals surface area contributed by atoms with Crippen molar-refractivity contribution < 1.29 is 22.9 Å². The summed E-state index contributed by atoms with van der Waals surface area (Å²) in [6.07, 6.45) is 7.65. The van der Waals surface area contributed by atoms with Crippen LogP contribution < -0.4 is 25.4 Å². The van der Waals surface area contributed by atoms with Gasteiger partial charge in [-0.3, -0.25) is 19.8 Å². The Morgan fingerprint density at radius 3 is 2.44 bits per heavy atom. The summed E-state index contributed by atoms with van der Waals surface area (Å²) in [7, 11) is -4.60. The number of allylic oxidation sites excluding steroid dienone is 1. The van der Waals surface area contributed by atoms with Crippen LogP contribution in [0.4, 0.5) is 22.9 Å². The molecule has 3 aromatic carbocycles. The topological polar surface area (TPSA) is 197 Å². The number of piperazine rings is 1. The van der Waals surface area contributed by atoms with Gasteiger partial charge in [-0.2, -0.15) is 5.26 Å². The maximum atomic E-state index is 13.8. The van der Waals surface area contributed by atoms with Crippen LogP contribution in [0.2, 0.25) is 10.0 Å². The fourth-order valence-electron chi connectivity index (χ4n) is 8.46. The van der Waals surface area contributed by atoms with Gasteiger partial charge in [0.1, 0.15) is 23.0 Å². The van der Waals surface area contributed by atoms with E-state index in [4.69, 9.17) is 33.7 Å². The number of amides is 1. The molecule has 4 aromatic rings. The quantitative estimate of drug-likeness (QED) is 0.0851. The van der Waals surface area contributed by atoms with Crippen LogP contribution in [0, 0.1) is 38.7 Å². The molecule has 1 amide bonds. The number of carbonyl (C=O) groups is 1. The first-order chi connectivity index (χ1) is 29.6. The van der Waals surface area contributed by atoms with E-state index in [1.807, 2.05) is 12.1 Å². The number of nitrogens with one attached hydrogen (secondary N) is 2. The number of nitro benzene ring substituents is 1. The smallest absolute Gasteiger partial charge is 0.293 e. The standard InChI is InChI=1S/C45H50Cl2N8O6S/c1-45(2)16-15-32(38(24-45)31-7-9-33(46)10-8-31)28-53-17-19-54(20-18-53)34-11-13-37(42(21-34)61-35-22-39(47)43(49)51-27-35)44(56)52-62(59,60)36-12-14-40(41(23-36)55(57)58)50-26-30-5-3-29(25-48)4-6-30/h7-14,21-23,27,29-30,50H,3-6,15-20,24,26,28H2,1-2H3,(H2,49,51)(H,52,56)/t29-,30-. The van der Waals surface area contributed by atoms with Crippen LogP contribution in [0.5, 0.6) is 11.5 Å². The molecule has 17 heteroatoms. The van der Waals surface area contributed by atoms with Crippen LogP contribution in [0.1, 0.15) is 74.7 Å². The zero-order valence-electron chi connectivity index (χ0n) is 34.7. The van der Waals surface area contributed by atoms with Crippen molar-refractivity contribution in [2.24, 2.45) is 17.3 Å². The maximum Gasteiger partial charge on any atom is 0.293 e. The Morgan fingerprint density at radius 1 is 1.03 bits per heavy atom. The molecule has 0 bridgehead atoms. The van der Waals surface area contributed by atoms with E-state index in [1.54, 1.807) is 12.1 Å². The number of aromatic nitrogens is 1. The number of pyridine rings is 1. The van der Waals surface area contributed by atoms with Crippen molar-refractivity contribution in [1.29, 1.82) is 5.26 Å². The van der Waals surface area contributed by atoms with Crippen molar-refractivity contribution >= 4 is 67.6 Å². The minimum atomic E-state index is -4.60. The molecule has 62 heavy (non-hydrogen) atoms. The number of nitrogens with two attached hydrogens (primary N) is 1. The molecule has 0 spiro atoms. The van der Waals surface area contributed by atoms with Gasteiger partial charge in [0.2, 0.25) is 0 Å². The first-order valence-electron chi connectivity index (χ1n) is 20.7. The SMILES string of the molecule is CC1(C)CCC(CN2CCN(c3ccc(C(=O)NS(=O)(=O)c4ccc(NC[C@H]5CC[C@H](C#N)CC5)c([N+](=O)[O-])c4)c(Oc4cnc(N)c(Cl)c4)c3)CC2)=C(c2ccc(Cl)cc2)C1. The van der Waals surface area contributed by atoms with E-state index in [0.29, 0.717) is 24.7 Å². The van der Waals surface area contributed by atoms with E-state index < -0.39 is 31.4 Å². The van der Waals surface area contributed by atoms with Crippen molar-refractivity contribution in [3.63, 3.8) is 0 Å². The van der Waals surface area contributed by atoms with Gasteiger partial charge in [0.05, 0.1) is 32.7 Å². The van der Waals surface area contributed by atoms with Gasteiger partial charge in [0.15, 0.2) is 0 Å². The van der Waals surface area contributed by atoms with Gasteiger partial charge in [-0.05, 0) is 104 Å². The van der Waals surface area contributed by atoms with E-state index in [9.17, 15) is 28.6 Å². The van der Waals surface area contributed by atoms with E-state index in [1.165, 1.54) is 47.2 Å². The molecule has 1 aliphatic heterocycles. The number of nitrogen functional groups attached to an aromatic ring is 1. The van der Waals surface area contributed by atoms with E-state index in [2.05, 4.69) is 56.9 Å². The third-order valence-corrected chi connectivity index (χ3v) is 14.0. The Hall–Kier alpha value is -5.40. The van der Waals surface area contributed by atoms with Crippen LogP contribution in [-0.4, -0.2) is 68.4 Å². The third kappa shape index (κ3) is 10.8. The van der Waals surface area contributed by atoms with Gasteiger partial charge < -0.3 is 20.7 Å². The lowest BCUT2D eigenvalue weighted by Gasteiger charge is -2.39. The highest BCUT2D eigenvalue weighted by molar-refractivity contribution is 7.90. The van der Waals surface area contributed by atoms with E-state index in [0.717, 1.165) is 76.3 Å². The second kappa shape index (κ2) is 18.9. The number of carbonyl (C=O) groups excluding carboxylic acids is 1. The van der Waals surface area contributed by atoms with Crippen molar-refractivity contribution in [1.82, 2.24) is 14.6 Å². The lowest BCUT2D eigenvalue weighted by molar-refractivity contribution is -0.384. The lowest BCUT2D eigenvalue weighted by Crippen LogP contribution is -2.47. The minimum absolute atomic E-state index is 0.0226. The number of nitro groups is 1. The number of ether oxygens (including phenoxy) is 1. The number of halogens is 2. The fourth-order valence-corrected chi connectivity index (χ4v) is 9.72. The summed E-state index contributed by atoms with van der Waals surface area (Å²) in [5, 5.41) is 25.2. The van der Waals surface area contributed by atoms with Crippen LogP contribution >= 0.6 is 23.2 Å². The molecule has 4 N–H and O–H groups in total. The zero-order chi connectivity index (χ0) is 44.2. The van der Waals surface area contributed by atoms with E-state index >= 15 is 0 Å². The Labute approximate surface area is 372 Å². The second-order valence-corrected chi connectivity index (χ2v) is 19.6. The molecule has 14 nitrogen and oxygen atoms in total. The summed E-state index contributed by atoms with van der Waals surface area (Å²) in [6, 6.07) is 20.2. The largest absolute Gasteiger partial charge is 0.455 e. The molecule has 0 unspecified atom stereocenters. The van der Waals surface area contributed by atoms with Crippen molar-refractivity contribution in [3.05, 3.63) is 110 Å². The highest BCUT2D eigenvalue weighted by Crippen LogP contribution is 2.43. The van der Waals surface area contributed by atoms with Gasteiger partial charge >= 0.3 is 0 Å². The predicted molar refractivity (Wildman–Crippen MR) is 242 cm³/mol. The van der Waals surface area contributed by atoms with Crippen molar-refractivity contribution in [2.75, 3.05) is 55.2 Å². The first-order valence-corrected chi connectivity index (χ1v) is 23.0. The number of hydrogen-bond acceptors (Lipinski definition) is 12. The summed E-state index contributed by atoms with van der Waals surface area (Å²) < 4.78 is 35.5. The fraction of sp³-hybridized carbons (Fsp3) is 0.400. The van der Waals surface area contributed by atoms with Crippen molar-refractivity contribution in [3.8, 4) is 17.6 Å². The summed E-state index contributed by atoms with van der Waals surface area (Å²) in [5.41, 5.74) is 10.4. The Kier molecular flexibility index (Phi) is 13.6. The van der Waals surface area contributed by atoms with Crippen LogP contribution in [0.3, 0.4) is 0 Å². The minimum Gasteiger partial charge on any atom is -0.455 e. The molecule has 1 saturated heterocycles. The Balaban J connectivity index is 1.07. The highest BCUT2D eigenvalue weighted by Gasteiger charge is 2.31. The molecule has 0 atom stereocenters. The summed E-state index contributed by atoms with van der Waals surface area (Å²) in [5.74, 6) is -0.474. The van der Waals surface area contributed by atoms with Crippen LogP contribution in [-0.2, 0) is 10.0 Å². The monoisotopic (exact) mass is 900 g/mol. The molecular weight excluding hydrogens is 852 g/mol. The van der Waals surface area contributed by atoms with Gasteiger partial charge in [-0.25, -0.2) is 18.1 Å². The van der Waals surface area contributed by atoms with E-state index in [-0.39, 0.29) is 50.8 Å². The molecule has 1 saturated carbocycles. The molecular formula is C45H50Cl2N8O6S. The van der Waals surface area contributed by atoms with Gasteiger partial charge in [0.25, 0.3) is 21.6 Å². The second-order valence-electron chi connectivity index (χ2n) is 17.1. The summed E-state index contributed by atoms with van der Waals surface area (Å²) in [4.78, 5) is 33.5. The van der Waals surface area contributed by atoms with Gasteiger partial charge in [-0.1, -0.05) is 54.8 Å². The molecule has 3 aliphatic rings. The average Bonchev–Trinajstić information content (AvgIpc) is 3.25. The molecule has 2 fully saturated rings. The first kappa shape index (κ1) is 44.6. The molecule has 1 aromatic heterocycles. The summed E-state index contributed by atoms with van der Waals surface area (Å²) >= 11 is 12.5. The molecule has 0 radical (unpaired) electrons. The molecule has 2 aliphatic carbocycles. The normalized spacial score (nSPS) is 19.4. The number of nitriles is 1. The molecule has 2 heterocycles. The predicted octanol–water partition coefficient (Wildman–Crippen LogP) is 9.32. The van der Waals surface area contributed by atoms with Gasteiger partial charge in [-0.15, -0.1) is 0 Å². The summed E-state index contributed by atoms with van der Waals surface area (Å²) in [6.45, 7) is 8.90. The number of nitrogens with zero attached hydrogens (tertiary/aromatic N) is 5.